The van der Waals surface area contributed by atoms with Crippen LogP contribution in [-0.4, -0.2) is 11.1 Å². The molecule has 1 heterocycles. The van der Waals surface area contributed by atoms with Gasteiger partial charge in [-0.3, -0.25) is 0 Å². The fraction of sp³-hybridized carbons (Fsp3) is 0.250. The lowest BCUT2D eigenvalue weighted by atomic mass is 10.4. The molecule has 0 aliphatic carbocycles. The number of carboxylic acids is 1. The Morgan fingerprint density at radius 3 is 2.56 bits per heavy atom. The summed E-state index contributed by atoms with van der Waals surface area (Å²) in [7, 11) is 0. The minimum atomic E-state index is -1.03. The summed E-state index contributed by atoms with van der Waals surface area (Å²) in [5.41, 5.74) is 5.04. The van der Waals surface area contributed by atoms with Gasteiger partial charge in [0.15, 0.2) is 5.70 Å². The third-order valence-electron chi connectivity index (χ3n) is 0.946. The maximum absolute atomic E-state index is 10.2. The first kappa shape index (κ1) is 5.90. The molecule has 1 rings (SSSR count). The Hall–Kier alpha value is -1.23. The molecule has 5 heteroatoms. The van der Waals surface area contributed by atoms with Gasteiger partial charge in [0, 0.05) is 0 Å². The molecule has 0 saturated heterocycles. The van der Waals surface area contributed by atoms with Gasteiger partial charge in [-0.1, -0.05) is 0 Å². The summed E-state index contributed by atoms with van der Waals surface area (Å²) in [6.45, 7) is 1.60. The maximum atomic E-state index is 10.2. The zero-order valence-electron chi connectivity index (χ0n) is 4.76. The Balaban J connectivity index is 2.78. The third kappa shape index (κ3) is 0.945. The number of allylic oxidation sites excluding steroid dienone is 1. The molecule has 3 N–H and O–H groups in total. The van der Waals surface area contributed by atoms with Crippen LogP contribution in [0.2, 0.25) is 0 Å². The third-order valence-corrected chi connectivity index (χ3v) is 0.946. The van der Waals surface area contributed by atoms with Crippen molar-refractivity contribution >= 4 is 5.97 Å². The van der Waals surface area contributed by atoms with E-state index in [1.807, 2.05) is 0 Å². The monoisotopic (exact) mass is 130 g/mol. The Bertz CT molecular complexity index is 175. The van der Waals surface area contributed by atoms with Gasteiger partial charge in [0.2, 0.25) is 0 Å². The minimum Gasteiger partial charge on any atom is -0.476 e. The Labute approximate surface area is 51.2 Å². The molecule has 0 aromatic carbocycles. The van der Waals surface area contributed by atoms with Gasteiger partial charge in [-0.2, -0.15) is 4.94 Å². The van der Waals surface area contributed by atoms with Gasteiger partial charge < -0.3 is 5.11 Å². The molecule has 1 aliphatic rings. The molecule has 0 spiro atoms. The van der Waals surface area contributed by atoms with E-state index in [4.69, 9.17) is 5.11 Å². The van der Waals surface area contributed by atoms with Crippen molar-refractivity contribution in [2.75, 3.05) is 0 Å². The molecule has 50 valence electrons. The Morgan fingerprint density at radius 1 is 1.67 bits per heavy atom. The van der Waals surface area contributed by atoms with Crippen LogP contribution in [0.1, 0.15) is 6.92 Å². The lowest BCUT2D eigenvalue weighted by Crippen LogP contribution is -2.15. The largest absolute Gasteiger partial charge is 0.476 e. The predicted octanol–water partition coefficient (Wildman–Crippen LogP) is -0.658. The number of carboxylic acid groups (broad SMARTS) is 1. The molecule has 5 nitrogen and oxygen atoms in total. The Morgan fingerprint density at radius 2 is 2.33 bits per heavy atom. The van der Waals surface area contributed by atoms with Crippen molar-refractivity contribution in [3.8, 4) is 0 Å². The highest BCUT2D eigenvalue weighted by atomic mass is 16.8. The zero-order chi connectivity index (χ0) is 6.85. The van der Waals surface area contributed by atoms with Crippen LogP contribution >= 0.6 is 0 Å². The second kappa shape index (κ2) is 1.94. The van der Waals surface area contributed by atoms with Crippen LogP contribution in [0.3, 0.4) is 0 Å². The summed E-state index contributed by atoms with van der Waals surface area (Å²) in [6.07, 6.45) is 0. The van der Waals surface area contributed by atoms with E-state index in [2.05, 4.69) is 15.9 Å². The molecule has 0 radical (unpaired) electrons. The van der Waals surface area contributed by atoms with Crippen LogP contribution in [0.4, 0.5) is 0 Å². The SMILES string of the molecule is CC1=C(C(=O)O)NON1. The molecular weight excluding hydrogens is 124 g/mol. The first-order valence-electron chi connectivity index (χ1n) is 2.34. The summed E-state index contributed by atoms with van der Waals surface area (Å²) in [5, 5.41) is 8.34. The second-order valence-electron chi connectivity index (χ2n) is 1.61. The van der Waals surface area contributed by atoms with Crippen LogP contribution in [-0.2, 0) is 9.73 Å². The lowest BCUT2D eigenvalue weighted by Gasteiger charge is -1.90. The van der Waals surface area contributed by atoms with E-state index < -0.39 is 5.97 Å². The second-order valence-corrected chi connectivity index (χ2v) is 1.61. The normalized spacial score (nSPS) is 17.0. The van der Waals surface area contributed by atoms with Gasteiger partial charge in [-0.05, 0) is 6.92 Å². The van der Waals surface area contributed by atoms with E-state index in [0.717, 1.165) is 0 Å². The van der Waals surface area contributed by atoms with Crippen molar-refractivity contribution in [2.45, 2.75) is 6.92 Å². The molecule has 9 heavy (non-hydrogen) atoms. The molecule has 0 atom stereocenters. The number of carbonyl (C=O) groups is 1. The average Bonchev–Trinajstić information content (AvgIpc) is 2.13. The maximum Gasteiger partial charge on any atom is 0.356 e. The van der Waals surface area contributed by atoms with Gasteiger partial charge in [-0.25, -0.2) is 15.8 Å². The first-order chi connectivity index (χ1) is 4.22. The molecule has 0 aromatic rings. The quantitative estimate of drug-likeness (QED) is 0.439. The van der Waals surface area contributed by atoms with Gasteiger partial charge >= 0.3 is 5.97 Å². The van der Waals surface area contributed by atoms with Crippen LogP contribution in [0.25, 0.3) is 0 Å². The van der Waals surface area contributed by atoms with Crippen molar-refractivity contribution in [3.63, 3.8) is 0 Å². The molecule has 0 fully saturated rings. The van der Waals surface area contributed by atoms with Crippen LogP contribution in [0.15, 0.2) is 11.4 Å². The number of hydroxylamine groups is 2. The van der Waals surface area contributed by atoms with E-state index in [1.54, 1.807) is 6.92 Å². The lowest BCUT2D eigenvalue weighted by molar-refractivity contribution is -0.134. The van der Waals surface area contributed by atoms with Crippen LogP contribution in [0, 0.1) is 0 Å². The van der Waals surface area contributed by atoms with Gasteiger partial charge in [0.05, 0.1) is 5.70 Å². The summed E-state index contributed by atoms with van der Waals surface area (Å²) in [4.78, 5) is 14.5. The van der Waals surface area contributed by atoms with Crippen molar-refractivity contribution in [3.05, 3.63) is 11.4 Å². The van der Waals surface area contributed by atoms with Crippen molar-refractivity contribution in [2.24, 2.45) is 0 Å². The predicted molar refractivity (Wildman–Crippen MR) is 27.7 cm³/mol. The molecule has 0 aromatic heterocycles. The highest BCUT2D eigenvalue weighted by Crippen LogP contribution is 2.01. The standard InChI is InChI=1S/C4H6N2O3/c1-2-3(4(7)8)6-9-5-2/h5-6H,1H3,(H,7,8). The smallest absolute Gasteiger partial charge is 0.356 e. The fourth-order valence-corrected chi connectivity index (χ4v) is 0.485. The number of hydrogen-bond acceptors (Lipinski definition) is 4. The van der Waals surface area contributed by atoms with E-state index in [0.29, 0.717) is 5.70 Å². The first-order valence-corrected chi connectivity index (χ1v) is 2.34. The van der Waals surface area contributed by atoms with Crippen molar-refractivity contribution in [1.29, 1.82) is 0 Å². The highest BCUT2D eigenvalue weighted by Gasteiger charge is 2.16. The summed E-state index contributed by atoms with van der Waals surface area (Å²) in [6, 6.07) is 0. The topological polar surface area (TPSA) is 70.6 Å². The van der Waals surface area contributed by atoms with Crippen LogP contribution in [0.5, 0.6) is 0 Å². The van der Waals surface area contributed by atoms with Gasteiger partial charge in [-0.15, -0.1) is 0 Å². The van der Waals surface area contributed by atoms with E-state index in [1.165, 1.54) is 0 Å². The molecule has 0 saturated carbocycles. The highest BCUT2D eigenvalue weighted by molar-refractivity contribution is 5.86. The van der Waals surface area contributed by atoms with Crippen molar-refractivity contribution < 1.29 is 14.8 Å². The summed E-state index contributed by atoms with van der Waals surface area (Å²) in [5.74, 6) is -1.03. The molecule has 0 amide bonds. The number of hydrogen-bond donors (Lipinski definition) is 3. The van der Waals surface area contributed by atoms with Gasteiger partial charge in [0.25, 0.3) is 0 Å². The molecule has 1 aliphatic heterocycles. The average molecular weight is 130 g/mol. The minimum absolute atomic E-state index is 0.0509. The van der Waals surface area contributed by atoms with E-state index >= 15 is 0 Å². The number of aliphatic carboxylic acids is 1. The summed E-state index contributed by atoms with van der Waals surface area (Å²) >= 11 is 0. The van der Waals surface area contributed by atoms with E-state index in [-0.39, 0.29) is 5.70 Å². The molecule has 0 bridgehead atoms. The van der Waals surface area contributed by atoms with Crippen molar-refractivity contribution in [1.82, 2.24) is 11.0 Å². The van der Waals surface area contributed by atoms with Gasteiger partial charge in [0.1, 0.15) is 0 Å². The number of rotatable bonds is 1. The molecular formula is C4H6N2O3. The fourth-order valence-electron chi connectivity index (χ4n) is 0.485. The van der Waals surface area contributed by atoms with E-state index in [9.17, 15) is 4.79 Å². The van der Waals surface area contributed by atoms with Crippen LogP contribution < -0.4 is 11.0 Å². The Kier molecular flexibility index (Phi) is 1.27. The summed E-state index contributed by atoms with van der Waals surface area (Å²) < 4.78 is 0. The zero-order valence-corrected chi connectivity index (χ0v) is 4.76. The molecule has 0 unspecified atom stereocenters. The number of nitrogens with one attached hydrogen (secondary N) is 2.